The van der Waals surface area contributed by atoms with Crippen molar-refractivity contribution in [2.24, 2.45) is 0 Å². The molecule has 2 N–H and O–H groups in total. The first-order valence-electron chi connectivity index (χ1n) is 8.71. The Labute approximate surface area is 158 Å². The average Bonchev–Trinajstić information content (AvgIpc) is 2.65. The van der Waals surface area contributed by atoms with Crippen LogP contribution >= 0.6 is 0 Å². The van der Waals surface area contributed by atoms with Crippen molar-refractivity contribution in [1.82, 2.24) is 9.62 Å². The zero-order valence-corrected chi connectivity index (χ0v) is 15.8. The summed E-state index contributed by atoms with van der Waals surface area (Å²) < 4.78 is 41.0. The highest BCUT2D eigenvalue weighted by Crippen LogP contribution is 2.17. The standard InChI is InChI=1S/C19H22FN3O3S/c1-23-11-9-17(10-12-23)22-27(25,26)18-4-2-3-14(13-18)19(24)21-16-7-5-15(20)6-8-16/h2-8,13,17,22H,9-12H2,1H3,(H,21,24). The van der Waals surface area contributed by atoms with E-state index in [1.165, 1.54) is 48.5 Å². The van der Waals surface area contributed by atoms with E-state index in [1.54, 1.807) is 0 Å². The minimum absolute atomic E-state index is 0.0492. The van der Waals surface area contributed by atoms with Gasteiger partial charge in [0.05, 0.1) is 4.90 Å². The lowest BCUT2D eigenvalue weighted by molar-refractivity contribution is 0.102. The smallest absolute Gasteiger partial charge is 0.255 e. The minimum atomic E-state index is -3.71. The van der Waals surface area contributed by atoms with Gasteiger partial charge in [-0.25, -0.2) is 17.5 Å². The van der Waals surface area contributed by atoms with E-state index in [9.17, 15) is 17.6 Å². The number of carbonyl (C=O) groups excluding carboxylic acids is 1. The van der Waals surface area contributed by atoms with E-state index in [0.717, 1.165) is 25.9 Å². The molecule has 0 unspecified atom stereocenters. The summed E-state index contributed by atoms with van der Waals surface area (Å²) in [4.78, 5) is 14.6. The van der Waals surface area contributed by atoms with Gasteiger partial charge in [-0.3, -0.25) is 4.79 Å². The monoisotopic (exact) mass is 391 g/mol. The molecule has 1 heterocycles. The van der Waals surface area contributed by atoms with Crippen LogP contribution in [0.15, 0.2) is 53.4 Å². The summed E-state index contributed by atoms with van der Waals surface area (Å²) in [5, 5.41) is 2.62. The van der Waals surface area contributed by atoms with Crippen molar-refractivity contribution in [1.29, 1.82) is 0 Å². The van der Waals surface area contributed by atoms with Gasteiger partial charge in [-0.05, 0) is 75.4 Å². The molecule has 0 radical (unpaired) electrons. The lowest BCUT2D eigenvalue weighted by atomic mass is 10.1. The molecule has 1 aliphatic rings. The van der Waals surface area contributed by atoms with E-state index >= 15 is 0 Å². The lowest BCUT2D eigenvalue weighted by Gasteiger charge is -2.29. The van der Waals surface area contributed by atoms with Gasteiger partial charge in [0.15, 0.2) is 0 Å². The molecule has 0 aromatic heterocycles. The van der Waals surface area contributed by atoms with E-state index in [0.29, 0.717) is 5.69 Å². The van der Waals surface area contributed by atoms with E-state index in [-0.39, 0.29) is 16.5 Å². The molecule has 144 valence electrons. The first kappa shape index (κ1) is 19.5. The van der Waals surface area contributed by atoms with Crippen LogP contribution in [-0.4, -0.2) is 45.4 Å². The summed E-state index contributed by atoms with van der Waals surface area (Å²) in [7, 11) is -1.70. The molecule has 2 aromatic carbocycles. The van der Waals surface area contributed by atoms with Gasteiger partial charge in [0.25, 0.3) is 5.91 Å². The van der Waals surface area contributed by atoms with Crippen LogP contribution in [0.4, 0.5) is 10.1 Å². The second kappa shape index (κ2) is 8.16. The molecule has 6 nitrogen and oxygen atoms in total. The number of benzene rings is 2. The molecule has 1 saturated heterocycles. The molecule has 27 heavy (non-hydrogen) atoms. The van der Waals surface area contributed by atoms with Gasteiger partial charge in [0.1, 0.15) is 5.82 Å². The Bertz CT molecular complexity index is 908. The molecule has 2 aromatic rings. The number of anilines is 1. The van der Waals surface area contributed by atoms with Crippen LogP contribution in [0.3, 0.4) is 0 Å². The second-order valence-electron chi connectivity index (χ2n) is 6.69. The summed E-state index contributed by atoms with van der Waals surface area (Å²) in [5.74, 6) is -0.862. The quantitative estimate of drug-likeness (QED) is 0.821. The predicted molar refractivity (Wildman–Crippen MR) is 102 cm³/mol. The number of piperidine rings is 1. The normalized spacial score (nSPS) is 16.2. The number of carbonyl (C=O) groups is 1. The molecule has 0 saturated carbocycles. The summed E-state index contributed by atoms with van der Waals surface area (Å²) in [6.07, 6.45) is 1.50. The van der Waals surface area contributed by atoms with E-state index in [1.807, 2.05) is 7.05 Å². The maximum atomic E-state index is 13.0. The zero-order valence-electron chi connectivity index (χ0n) is 15.0. The highest BCUT2D eigenvalue weighted by atomic mass is 32.2. The Morgan fingerprint density at radius 3 is 2.44 bits per heavy atom. The highest BCUT2D eigenvalue weighted by molar-refractivity contribution is 7.89. The second-order valence-corrected chi connectivity index (χ2v) is 8.40. The van der Waals surface area contributed by atoms with Gasteiger partial charge in [0.2, 0.25) is 10.0 Å². The number of rotatable bonds is 5. The van der Waals surface area contributed by atoms with Crippen molar-refractivity contribution in [2.45, 2.75) is 23.8 Å². The molecule has 0 spiro atoms. The topological polar surface area (TPSA) is 78.5 Å². The van der Waals surface area contributed by atoms with Crippen LogP contribution in [0.2, 0.25) is 0 Å². The van der Waals surface area contributed by atoms with Crippen LogP contribution in [0.1, 0.15) is 23.2 Å². The third-order valence-electron chi connectivity index (χ3n) is 4.55. The van der Waals surface area contributed by atoms with E-state index in [2.05, 4.69) is 14.9 Å². The molecular weight excluding hydrogens is 369 g/mol. The number of hydrogen-bond donors (Lipinski definition) is 2. The fourth-order valence-electron chi connectivity index (χ4n) is 2.95. The third kappa shape index (κ3) is 5.12. The van der Waals surface area contributed by atoms with E-state index < -0.39 is 21.7 Å². The van der Waals surface area contributed by atoms with Crippen molar-refractivity contribution in [3.05, 3.63) is 59.9 Å². The number of nitrogens with zero attached hydrogens (tertiary/aromatic N) is 1. The summed E-state index contributed by atoms with van der Waals surface area (Å²) in [5.41, 5.74) is 0.643. The Kier molecular flexibility index (Phi) is 5.88. The number of amides is 1. The van der Waals surface area contributed by atoms with Crippen molar-refractivity contribution >= 4 is 21.6 Å². The maximum Gasteiger partial charge on any atom is 0.255 e. The summed E-state index contributed by atoms with van der Waals surface area (Å²) in [6.45, 7) is 1.68. The van der Waals surface area contributed by atoms with Crippen molar-refractivity contribution in [2.75, 3.05) is 25.5 Å². The van der Waals surface area contributed by atoms with Crippen LogP contribution in [-0.2, 0) is 10.0 Å². The third-order valence-corrected chi connectivity index (χ3v) is 6.07. The molecule has 1 amide bonds. The Balaban J connectivity index is 1.72. The molecule has 0 bridgehead atoms. The Hall–Kier alpha value is -2.29. The van der Waals surface area contributed by atoms with Crippen LogP contribution < -0.4 is 10.0 Å². The van der Waals surface area contributed by atoms with Gasteiger partial charge in [0, 0.05) is 17.3 Å². The van der Waals surface area contributed by atoms with Gasteiger partial charge in [-0.2, -0.15) is 0 Å². The van der Waals surface area contributed by atoms with Crippen molar-refractivity contribution in [3.8, 4) is 0 Å². The molecule has 0 atom stereocenters. The van der Waals surface area contributed by atoms with Gasteiger partial charge in [-0.1, -0.05) is 6.07 Å². The maximum absolute atomic E-state index is 13.0. The van der Waals surface area contributed by atoms with Crippen molar-refractivity contribution < 1.29 is 17.6 Å². The molecule has 1 fully saturated rings. The fraction of sp³-hybridized carbons (Fsp3) is 0.316. The number of likely N-dealkylation sites (tertiary alicyclic amines) is 1. The van der Waals surface area contributed by atoms with Crippen LogP contribution in [0.5, 0.6) is 0 Å². The van der Waals surface area contributed by atoms with E-state index in [4.69, 9.17) is 0 Å². The number of sulfonamides is 1. The van der Waals surface area contributed by atoms with Gasteiger partial charge < -0.3 is 10.2 Å². The Morgan fingerprint density at radius 2 is 1.78 bits per heavy atom. The number of nitrogens with one attached hydrogen (secondary N) is 2. The zero-order chi connectivity index (χ0) is 19.4. The Morgan fingerprint density at radius 1 is 1.11 bits per heavy atom. The SMILES string of the molecule is CN1CCC(NS(=O)(=O)c2cccc(C(=O)Nc3ccc(F)cc3)c2)CC1. The molecule has 1 aliphatic heterocycles. The fourth-order valence-corrected chi connectivity index (χ4v) is 4.31. The van der Waals surface area contributed by atoms with Crippen molar-refractivity contribution in [3.63, 3.8) is 0 Å². The van der Waals surface area contributed by atoms with Crippen LogP contribution in [0, 0.1) is 5.82 Å². The first-order chi connectivity index (χ1) is 12.8. The average molecular weight is 391 g/mol. The predicted octanol–water partition coefficient (Wildman–Crippen LogP) is 2.45. The number of halogens is 1. The largest absolute Gasteiger partial charge is 0.322 e. The molecule has 8 heteroatoms. The van der Waals surface area contributed by atoms with Gasteiger partial charge in [-0.15, -0.1) is 0 Å². The van der Waals surface area contributed by atoms with Gasteiger partial charge >= 0.3 is 0 Å². The molecule has 0 aliphatic carbocycles. The minimum Gasteiger partial charge on any atom is -0.322 e. The highest BCUT2D eigenvalue weighted by Gasteiger charge is 2.24. The molecule has 3 rings (SSSR count). The summed E-state index contributed by atoms with van der Waals surface area (Å²) in [6, 6.07) is 11.1. The van der Waals surface area contributed by atoms with Crippen LogP contribution in [0.25, 0.3) is 0 Å². The molecular formula is C19H22FN3O3S. The number of hydrogen-bond acceptors (Lipinski definition) is 4. The lowest BCUT2D eigenvalue weighted by Crippen LogP contribution is -2.43. The first-order valence-corrected chi connectivity index (χ1v) is 10.2. The summed E-state index contributed by atoms with van der Waals surface area (Å²) >= 11 is 0.